The highest BCUT2D eigenvalue weighted by atomic mass is 16.5. The Morgan fingerprint density at radius 3 is 2.64 bits per heavy atom. The van der Waals surface area contributed by atoms with E-state index in [9.17, 15) is 4.79 Å². The summed E-state index contributed by atoms with van der Waals surface area (Å²) in [5.74, 6) is 0.783. The molecule has 0 aromatic rings. The Kier molecular flexibility index (Phi) is 4.99. The first-order valence-electron chi connectivity index (χ1n) is 5.91. The second-order valence-corrected chi connectivity index (χ2v) is 4.40. The van der Waals surface area contributed by atoms with Gasteiger partial charge in [0.2, 0.25) is 0 Å². The number of carbonyl (C=O) groups excluding carboxylic acids is 1. The van der Waals surface area contributed by atoms with Gasteiger partial charge in [0.1, 0.15) is 0 Å². The molecule has 1 atom stereocenters. The number of carbonyl (C=O) groups is 1. The molecule has 0 aromatic carbocycles. The Bertz CT molecular complexity index is 171. The van der Waals surface area contributed by atoms with Crippen molar-refractivity contribution in [1.29, 1.82) is 0 Å². The third-order valence-electron chi connectivity index (χ3n) is 3.14. The summed E-state index contributed by atoms with van der Waals surface area (Å²) in [6, 6.07) is 0. The fraction of sp³-hybridized carbons (Fsp3) is 0.917. The first kappa shape index (κ1) is 11.5. The Morgan fingerprint density at radius 1 is 1.43 bits per heavy atom. The molecular formula is C12H22O2. The highest BCUT2D eigenvalue weighted by Crippen LogP contribution is 2.28. The molecule has 1 saturated carbocycles. The molecule has 1 fully saturated rings. The van der Waals surface area contributed by atoms with Gasteiger partial charge in [0.15, 0.2) is 0 Å². The Balaban J connectivity index is 2.08. The second-order valence-electron chi connectivity index (χ2n) is 4.40. The standard InChI is InChI=1S/C12H22O2/c1-3-10(2)14-12(13)9-8-11-6-4-5-7-11/h10-11H,3-9H2,1-2H3. The molecule has 0 aliphatic heterocycles. The van der Waals surface area contributed by atoms with Gasteiger partial charge in [-0.1, -0.05) is 32.6 Å². The summed E-state index contributed by atoms with van der Waals surface area (Å²) >= 11 is 0. The summed E-state index contributed by atoms with van der Waals surface area (Å²) in [7, 11) is 0. The number of hydrogen-bond acceptors (Lipinski definition) is 2. The molecule has 0 bridgehead atoms. The third-order valence-corrected chi connectivity index (χ3v) is 3.14. The maximum Gasteiger partial charge on any atom is 0.306 e. The summed E-state index contributed by atoms with van der Waals surface area (Å²) in [6.07, 6.45) is 7.99. The molecule has 0 spiro atoms. The molecule has 1 unspecified atom stereocenters. The minimum Gasteiger partial charge on any atom is -0.463 e. The lowest BCUT2D eigenvalue weighted by atomic mass is 10.0. The number of esters is 1. The van der Waals surface area contributed by atoms with Crippen LogP contribution < -0.4 is 0 Å². The molecule has 0 radical (unpaired) electrons. The summed E-state index contributed by atoms with van der Waals surface area (Å²) in [5.41, 5.74) is 0. The van der Waals surface area contributed by atoms with Crippen LogP contribution in [0.1, 0.15) is 58.8 Å². The lowest BCUT2D eigenvalue weighted by Crippen LogP contribution is -2.14. The van der Waals surface area contributed by atoms with Gasteiger partial charge in [-0.3, -0.25) is 4.79 Å². The predicted octanol–water partition coefficient (Wildman–Crippen LogP) is 3.30. The van der Waals surface area contributed by atoms with E-state index in [1.807, 2.05) is 13.8 Å². The van der Waals surface area contributed by atoms with Crippen LogP contribution in [0, 0.1) is 5.92 Å². The van der Waals surface area contributed by atoms with Crippen LogP contribution >= 0.6 is 0 Å². The van der Waals surface area contributed by atoms with E-state index < -0.39 is 0 Å². The van der Waals surface area contributed by atoms with Crippen molar-refractivity contribution in [2.24, 2.45) is 5.92 Å². The van der Waals surface area contributed by atoms with Crippen molar-refractivity contribution in [3.8, 4) is 0 Å². The molecule has 0 aromatic heterocycles. The highest BCUT2D eigenvalue weighted by molar-refractivity contribution is 5.69. The van der Waals surface area contributed by atoms with Crippen LogP contribution in [0.15, 0.2) is 0 Å². The monoisotopic (exact) mass is 198 g/mol. The van der Waals surface area contributed by atoms with Crippen molar-refractivity contribution in [1.82, 2.24) is 0 Å². The Hall–Kier alpha value is -0.530. The minimum absolute atomic E-state index is 0.00810. The first-order chi connectivity index (χ1) is 6.72. The van der Waals surface area contributed by atoms with E-state index in [-0.39, 0.29) is 12.1 Å². The van der Waals surface area contributed by atoms with Gasteiger partial charge in [0, 0.05) is 6.42 Å². The summed E-state index contributed by atoms with van der Waals surface area (Å²) < 4.78 is 5.22. The van der Waals surface area contributed by atoms with Gasteiger partial charge in [-0.2, -0.15) is 0 Å². The van der Waals surface area contributed by atoms with Gasteiger partial charge in [0.05, 0.1) is 6.10 Å². The Labute approximate surface area is 87.0 Å². The molecular weight excluding hydrogens is 176 g/mol. The molecule has 1 aliphatic rings. The summed E-state index contributed by atoms with van der Waals surface area (Å²) in [6.45, 7) is 3.99. The van der Waals surface area contributed by atoms with Gasteiger partial charge in [0.25, 0.3) is 0 Å². The average Bonchev–Trinajstić information content (AvgIpc) is 2.67. The fourth-order valence-electron chi connectivity index (χ4n) is 1.99. The molecule has 0 N–H and O–H groups in total. The normalized spacial score (nSPS) is 19.6. The van der Waals surface area contributed by atoms with Gasteiger partial charge >= 0.3 is 5.97 Å². The Morgan fingerprint density at radius 2 is 2.07 bits per heavy atom. The lowest BCUT2D eigenvalue weighted by molar-refractivity contribution is -0.148. The van der Waals surface area contributed by atoms with Crippen LogP contribution in [0.2, 0.25) is 0 Å². The van der Waals surface area contributed by atoms with Crippen LogP contribution in [0.3, 0.4) is 0 Å². The first-order valence-corrected chi connectivity index (χ1v) is 5.91. The molecule has 0 amide bonds. The quantitative estimate of drug-likeness (QED) is 0.633. The van der Waals surface area contributed by atoms with E-state index in [1.165, 1.54) is 25.7 Å². The summed E-state index contributed by atoms with van der Waals surface area (Å²) in [5, 5.41) is 0. The zero-order valence-corrected chi connectivity index (χ0v) is 9.42. The van der Waals surface area contributed by atoms with Crippen molar-refractivity contribution in [3.63, 3.8) is 0 Å². The van der Waals surface area contributed by atoms with E-state index in [2.05, 4.69) is 0 Å². The van der Waals surface area contributed by atoms with Gasteiger partial charge in [-0.15, -0.1) is 0 Å². The number of hydrogen-bond donors (Lipinski definition) is 0. The largest absolute Gasteiger partial charge is 0.463 e. The lowest BCUT2D eigenvalue weighted by Gasteiger charge is -2.12. The molecule has 2 nitrogen and oxygen atoms in total. The predicted molar refractivity (Wildman–Crippen MR) is 57.0 cm³/mol. The maximum atomic E-state index is 11.3. The number of rotatable bonds is 5. The van der Waals surface area contributed by atoms with Crippen molar-refractivity contribution in [3.05, 3.63) is 0 Å². The smallest absolute Gasteiger partial charge is 0.306 e. The van der Waals surface area contributed by atoms with Crippen LogP contribution in [-0.4, -0.2) is 12.1 Å². The van der Waals surface area contributed by atoms with E-state index in [4.69, 9.17) is 4.74 Å². The molecule has 2 heteroatoms. The van der Waals surface area contributed by atoms with Crippen LogP contribution in [0.5, 0.6) is 0 Å². The third kappa shape index (κ3) is 4.12. The van der Waals surface area contributed by atoms with E-state index in [0.717, 1.165) is 18.8 Å². The van der Waals surface area contributed by atoms with Crippen LogP contribution in [0.25, 0.3) is 0 Å². The minimum atomic E-state index is -0.00810. The highest BCUT2D eigenvalue weighted by Gasteiger charge is 2.17. The van der Waals surface area contributed by atoms with E-state index in [1.54, 1.807) is 0 Å². The molecule has 82 valence electrons. The second kappa shape index (κ2) is 6.05. The van der Waals surface area contributed by atoms with Crippen molar-refractivity contribution in [2.75, 3.05) is 0 Å². The van der Waals surface area contributed by atoms with E-state index >= 15 is 0 Å². The summed E-state index contributed by atoms with van der Waals surface area (Å²) in [4.78, 5) is 11.3. The van der Waals surface area contributed by atoms with Crippen molar-refractivity contribution >= 4 is 5.97 Å². The molecule has 0 heterocycles. The molecule has 14 heavy (non-hydrogen) atoms. The molecule has 1 aliphatic carbocycles. The van der Waals surface area contributed by atoms with Gasteiger partial charge in [-0.25, -0.2) is 0 Å². The van der Waals surface area contributed by atoms with Crippen LogP contribution in [-0.2, 0) is 9.53 Å². The van der Waals surface area contributed by atoms with E-state index in [0.29, 0.717) is 6.42 Å². The van der Waals surface area contributed by atoms with Gasteiger partial charge < -0.3 is 4.74 Å². The average molecular weight is 198 g/mol. The fourth-order valence-corrected chi connectivity index (χ4v) is 1.99. The van der Waals surface area contributed by atoms with Crippen molar-refractivity contribution in [2.45, 2.75) is 64.9 Å². The van der Waals surface area contributed by atoms with Gasteiger partial charge in [-0.05, 0) is 25.7 Å². The maximum absolute atomic E-state index is 11.3. The molecule has 1 rings (SSSR count). The topological polar surface area (TPSA) is 26.3 Å². The SMILES string of the molecule is CCC(C)OC(=O)CCC1CCCC1. The zero-order valence-electron chi connectivity index (χ0n) is 9.42. The molecule has 0 saturated heterocycles. The van der Waals surface area contributed by atoms with Crippen molar-refractivity contribution < 1.29 is 9.53 Å². The van der Waals surface area contributed by atoms with Crippen LogP contribution in [0.4, 0.5) is 0 Å². The zero-order chi connectivity index (χ0) is 10.4. The number of ether oxygens (including phenoxy) is 1.